The molecule has 0 radical (unpaired) electrons. The van der Waals surface area contributed by atoms with Crippen LogP contribution in [-0.2, 0) is 16.6 Å². The Morgan fingerprint density at radius 1 is 1.27 bits per heavy atom. The highest BCUT2D eigenvalue weighted by Gasteiger charge is 2.27. The number of tetrazole rings is 1. The summed E-state index contributed by atoms with van der Waals surface area (Å²) >= 11 is 0. The van der Waals surface area contributed by atoms with E-state index in [1.54, 1.807) is 30.7 Å². The summed E-state index contributed by atoms with van der Waals surface area (Å²) in [6, 6.07) is 8.07. The van der Waals surface area contributed by atoms with Crippen molar-refractivity contribution in [2.45, 2.75) is 24.3 Å². The summed E-state index contributed by atoms with van der Waals surface area (Å²) in [5.41, 5.74) is 0.567. The molecule has 11 heteroatoms. The van der Waals surface area contributed by atoms with Crippen LogP contribution in [0.4, 0.5) is 5.82 Å². The van der Waals surface area contributed by atoms with Crippen LogP contribution in [-0.4, -0.2) is 34.0 Å². The average Bonchev–Trinajstić information content (AvgIpc) is 3.25. The Morgan fingerprint density at radius 3 is 2.85 bits per heavy atom. The van der Waals surface area contributed by atoms with Crippen LogP contribution < -0.4 is 21.7 Å². The van der Waals surface area contributed by atoms with Crippen molar-refractivity contribution in [2.24, 2.45) is 5.92 Å². The van der Waals surface area contributed by atoms with Gasteiger partial charge in [0.2, 0.25) is 18.0 Å². The van der Waals surface area contributed by atoms with Crippen LogP contribution in [0.2, 0.25) is 0 Å². The number of halogens is 1. The highest BCUT2D eigenvalue weighted by atomic mass is 35.5. The van der Waals surface area contributed by atoms with Crippen LogP contribution >= 0.6 is 0 Å². The molecule has 2 N–H and O–H groups in total. The van der Waals surface area contributed by atoms with E-state index in [0.29, 0.717) is 23.1 Å². The first kappa shape index (κ1) is 18.2. The summed E-state index contributed by atoms with van der Waals surface area (Å²) in [5, 5.41) is 13.6. The number of aromatic amines is 1. The molecule has 0 spiro atoms. The van der Waals surface area contributed by atoms with Gasteiger partial charge in [-0.15, -0.1) is 15.2 Å². The second kappa shape index (κ2) is 7.34. The number of rotatable bonds is 6. The van der Waals surface area contributed by atoms with Gasteiger partial charge in [-0.25, -0.2) is 4.57 Å². The lowest BCUT2D eigenvalue weighted by molar-refractivity contribution is -0.688. The molecule has 3 aromatic rings. The van der Waals surface area contributed by atoms with Gasteiger partial charge in [0.15, 0.2) is 0 Å². The zero-order chi connectivity index (χ0) is 17.3. The summed E-state index contributed by atoms with van der Waals surface area (Å²) in [7, 11) is -3.75. The van der Waals surface area contributed by atoms with Crippen molar-refractivity contribution in [1.82, 2.24) is 25.6 Å². The van der Waals surface area contributed by atoms with E-state index in [1.165, 1.54) is 25.0 Å². The molecule has 1 saturated carbocycles. The van der Waals surface area contributed by atoms with Crippen molar-refractivity contribution in [3.63, 3.8) is 0 Å². The second-order valence-corrected chi connectivity index (χ2v) is 7.61. The lowest BCUT2D eigenvalue weighted by atomic mass is 10.2. The largest absolute Gasteiger partial charge is 1.00 e. The first-order valence-corrected chi connectivity index (χ1v) is 9.30. The molecule has 0 saturated heterocycles. The summed E-state index contributed by atoms with van der Waals surface area (Å²) in [6.45, 7) is 0.759. The molecule has 0 unspecified atom stereocenters. The zero-order valence-electron chi connectivity index (χ0n) is 13.6. The highest BCUT2D eigenvalue weighted by Crippen LogP contribution is 2.29. The van der Waals surface area contributed by atoms with Crippen LogP contribution in [0.1, 0.15) is 12.8 Å². The number of sulfonamides is 1. The summed E-state index contributed by atoms with van der Waals surface area (Å²) in [5.74, 6) is 1.43. The summed E-state index contributed by atoms with van der Waals surface area (Å²) in [6.07, 6.45) is 5.55. The van der Waals surface area contributed by atoms with Crippen LogP contribution in [0.15, 0.2) is 47.8 Å². The predicted molar refractivity (Wildman–Crippen MR) is 87.6 cm³/mol. The van der Waals surface area contributed by atoms with Gasteiger partial charge in [0.25, 0.3) is 0 Å². The maximum Gasteiger partial charge on any atom is 0.306 e. The van der Waals surface area contributed by atoms with E-state index >= 15 is 0 Å². The Bertz CT molecular complexity index is 991. The molecular formula is C15H16ClN7O2S. The SMILES string of the molecule is O=S(=O)(Nc1ccnc[n+]1CC1CC1)c1cccc(-c2nn[nH]n2)c1.[Cl-]. The standard InChI is InChI=1S/C15H15N7O2S.ClH/c23-25(24,13-3-1-2-12(8-13)15-17-20-21-18-15)19-14-6-7-16-10-22(14)9-11-4-5-11;/h1-3,6-8,10-11H,4-5,9H2,(H,17,18,20,21);1H. The number of benzene rings is 1. The average molecular weight is 394 g/mol. The number of nitrogens with one attached hydrogen (secondary N) is 2. The van der Waals surface area contributed by atoms with E-state index in [1.807, 2.05) is 4.57 Å². The van der Waals surface area contributed by atoms with Crippen LogP contribution in [0, 0.1) is 5.92 Å². The molecule has 0 amide bonds. The van der Waals surface area contributed by atoms with E-state index in [0.717, 1.165) is 6.54 Å². The third kappa shape index (κ3) is 3.97. The molecule has 1 aliphatic rings. The Labute approximate surface area is 156 Å². The van der Waals surface area contributed by atoms with Crippen molar-refractivity contribution in [2.75, 3.05) is 4.72 Å². The van der Waals surface area contributed by atoms with Crippen LogP contribution in [0.5, 0.6) is 0 Å². The smallest absolute Gasteiger partial charge is 0.306 e. The minimum absolute atomic E-state index is 0. The van der Waals surface area contributed by atoms with Gasteiger partial charge in [0, 0.05) is 11.6 Å². The molecule has 0 aliphatic heterocycles. The Hall–Kier alpha value is -2.59. The summed E-state index contributed by atoms with van der Waals surface area (Å²) < 4.78 is 30.0. The number of nitrogens with zero attached hydrogens (tertiary/aromatic N) is 5. The van der Waals surface area contributed by atoms with Crippen molar-refractivity contribution in [3.05, 3.63) is 42.9 Å². The monoisotopic (exact) mass is 393 g/mol. The van der Waals surface area contributed by atoms with Gasteiger partial charge in [0.05, 0.1) is 6.54 Å². The number of hydrogen-bond acceptors (Lipinski definition) is 6. The van der Waals surface area contributed by atoms with E-state index in [-0.39, 0.29) is 17.3 Å². The molecule has 4 rings (SSSR count). The maximum atomic E-state index is 12.8. The van der Waals surface area contributed by atoms with E-state index in [2.05, 4.69) is 30.3 Å². The normalized spacial score (nSPS) is 13.8. The fourth-order valence-electron chi connectivity index (χ4n) is 2.49. The summed E-state index contributed by atoms with van der Waals surface area (Å²) in [4.78, 5) is 4.21. The quantitative estimate of drug-likeness (QED) is 0.457. The molecule has 0 bridgehead atoms. The predicted octanol–water partition coefficient (Wildman–Crippen LogP) is -2.24. The van der Waals surface area contributed by atoms with Gasteiger partial charge >= 0.3 is 10.0 Å². The third-order valence-corrected chi connectivity index (χ3v) is 5.32. The molecule has 136 valence electrons. The maximum absolute atomic E-state index is 12.8. The van der Waals surface area contributed by atoms with Crippen molar-refractivity contribution in [3.8, 4) is 11.4 Å². The third-order valence-electron chi connectivity index (χ3n) is 3.97. The Kier molecular flexibility index (Phi) is 5.14. The molecular weight excluding hydrogens is 378 g/mol. The van der Waals surface area contributed by atoms with Gasteiger partial charge in [0.1, 0.15) is 11.1 Å². The number of anilines is 1. The van der Waals surface area contributed by atoms with E-state index in [4.69, 9.17) is 0 Å². The Balaban J connectivity index is 0.00000196. The fraction of sp³-hybridized carbons (Fsp3) is 0.267. The van der Waals surface area contributed by atoms with Crippen molar-refractivity contribution in [1.29, 1.82) is 0 Å². The van der Waals surface area contributed by atoms with E-state index in [9.17, 15) is 8.42 Å². The van der Waals surface area contributed by atoms with Crippen molar-refractivity contribution < 1.29 is 25.4 Å². The van der Waals surface area contributed by atoms with Crippen LogP contribution in [0.3, 0.4) is 0 Å². The first-order chi connectivity index (χ1) is 12.1. The fourth-order valence-corrected chi connectivity index (χ4v) is 3.61. The van der Waals surface area contributed by atoms with Gasteiger partial charge in [-0.05, 0) is 36.1 Å². The van der Waals surface area contributed by atoms with Gasteiger partial charge in [-0.3, -0.25) is 0 Å². The first-order valence-electron chi connectivity index (χ1n) is 7.82. The number of hydrogen-bond donors (Lipinski definition) is 2. The molecule has 1 aliphatic carbocycles. The van der Waals surface area contributed by atoms with Crippen LogP contribution in [0.25, 0.3) is 11.4 Å². The zero-order valence-corrected chi connectivity index (χ0v) is 15.2. The van der Waals surface area contributed by atoms with E-state index < -0.39 is 10.0 Å². The number of H-pyrrole nitrogens is 1. The minimum atomic E-state index is -3.75. The van der Waals surface area contributed by atoms with Gasteiger partial charge in [-0.2, -0.15) is 18.4 Å². The number of aromatic nitrogens is 6. The van der Waals surface area contributed by atoms with Gasteiger partial charge < -0.3 is 12.4 Å². The van der Waals surface area contributed by atoms with Crippen molar-refractivity contribution >= 4 is 15.8 Å². The topological polar surface area (TPSA) is 117 Å². The minimum Gasteiger partial charge on any atom is -1.00 e. The molecule has 0 atom stereocenters. The molecule has 26 heavy (non-hydrogen) atoms. The molecule has 1 fully saturated rings. The van der Waals surface area contributed by atoms with Gasteiger partial charge in [-0.1, -0.05) is 12.1 Å². The lowest BCUT2D eigenvalue weighted by Crippen LogP contribution is -3.00. The molecule has 2 aromatic heterocycles. The second-order valence-electron chi connectivity index (χ2n) is 5.93. The Morgan fingerprint density at radius 2 is 2.12 bits per heavy atom. The molecule has 2 heterocycles. The molecule has 9 nitrogen and oxygen atoms in total. The molecule has 1 aromatic carbocycles. The lowest BCUT2D eigenvalue weighted by Gasteiger charge is -2.08. The highest BCUT2D eigenvalue weighted by molar-refractivity contribution is 7.92.